The predicted molar refractivity (Wildman–Crippen MR) is 115 cm³/mol. The van der Waals surface area contributed by atoms with Gasteiger partial charge in [-0.2, -0.15) is 0 Å². The second-order valence-corrected chi connectivity index (χ2v) is 8.69. The molecule has 3 atom stereocenters. The van der Waals surface area contributed by atoms with Gasteiger partial charge in [-0.05, 0) is 11.6 Å². The van der Waals surface area contributed by atoms with Gasteiger partial charge >= 0.3 is 0 Å². The van der Waals surface area contributed by atoms with Gasteiger partial charge in [0.15, 0.2) is 6.29 Å². The van der Waals surface area contributed by atoms with Crippen LogP contribution < -0.4 is 0 Å². The van der Waals surface area contributed by atoms with E-state index in [-0.39, 0.29) is 23.0 Å². The topological polar surface area (TPSA) is 46.5 Å². The van der Waals surface area contributed by atoms with E-state index < -0.39 is 0 Å². The summed E-state index contributed by atoms with van der Waals surface area (Å²) in [5, 5.41) is 16.0. The van der Waals surface area contributed by atoms with E-state index in [1.165, 1.54) is 22.2 Å². The van der Waals surface area contributed by atoms with Gasteiger partial charge in [-0.1, -0.05) is 54.6 Å². The molecule has 5 heteroatoms. The normalized spacial score (nSPS) is 28.5. The molecule has 3 aromatic rings. The number of ether oxygens (including phenoxy) is 2. The van der Waals surface area contributed by atoms with Crippen LogP contribution in [-0.2, 0) is 29.5 Å². The van der Waals surface area contributed by atoms with Gasteiger partial charge in [0, 0.05) is 41.9 Å². The lowest BCUT2D eigenvalue weighted by atomic mass is 9.80. The Morgan fingerprint density at radius 3 is 2.53 bits per heavy atom. The van der Waals surface area contributed by atoms with Crippen molar-refractivity contribution in [2.24, 2.45) is 7.05 Å². The Hall–Kier alpha value is -2.44. The van der Waals surface area contributed by atoms with Crippen LogP contribution in [0.3, 0.4) is 0 Å². The molecule has 4 heterocycles. The van der Waals surface area contributed by atoms with Crippen LogP contribution in [0, 0.1) is 5.21 Å². The summed E-state index contributed by atoms with van der Waals surface area (Å²) in [6, 6.07) is 18.4. The predicted octanol–water partition coefficient (Wildman–Crippen LogP) is 4.36. The van der Waals surface area contributed by atoms with Crippen LogP contribution in [0.2, 0.25) is 0 Å². The summed E-state index contributed by atoms with van der Waals surface area (Å²) in [4.78, 5) is 0. The number of benzene rings is 2. The fourth-order valence-electron chi connectivity index (χ4n) is 5.84. The van der Waals surface area contributed by atoms with E-state index in [1.807, 2.05) is 18.2 Å². The van der Waals surface area contributed by atoms with Crippen molar-refractivity contribution in [3.8, 4) is 0 Å². The van der Waals surface area contributed by atoms with Crippen LogP contribution in [0.1, 0.15) is 29.3 Å². The number of nitrogens with zero attached hydrogens (tertiary/aromatic N) is 2. The number of rotatable bonds is 3. The van der Waals surface area contributed by atoms with Gasteiger partial charge in [-0.15, -0.1) is 0 Å². The lowest BCUT2D eigenvalue weighted by Crippen LogP contribution is -2.59. The zero-order valence-corrected chi connectivity index (χ0v) is 17.2. The van der Waals surface area contributed by atoms with E-state index in [4.69, 9.17) is 9.47 Å². The van der Waals surface area contributed by atoms with Crippen molar-refractivity contribution in [3.63, 3.8) is 0 Å². The maximum atomic E-state index is 14.8. The van der Waals surface area contributed by atoms with Crippen molar-refractivity contribution in [2.75, 3.05) is 13.2 Å². The van der Waals surface area contributed by atoms with Gasteiger partial charge in [0.25, 0.3) is 0 Å². The summed E-state index contributed by atoms with van der Waals surface area (Å²) < 4.78 is 13.7. The van der Waals surface area contributed by atoms with E-state index in [1.54, 1.807) is 0 Å². The highest BCUT2D eigenvalue weighted by Crippen LogP contribution is 2.51. The lowest BCUT2D eigenvalue weighted by Gasteiger charge is -2.59. The highest BCUT2D eigenvalue weighted by atomic mass is 16.7. The number of para-hydroxylation sites is 1. The Balaban J connectivity index is 1.53. The maximum Gasteiger partial charge on any atom is 0.185 e. The molecule has 1 saturated heterocycles. The zero-order chi connectivity index (χ0) is 20.3. The average molecular weight is 402 g/mol. The smallest absolute Gasteiger partial charge is 0.185 e. The van der Waals surface area contributed by atoms with Gasteiger partial charge in [0.05, 0.1) is 18.9 Å². The van der Waals surface area contributed by atoms with Crippen molar-refractivity contribution in [3.05, 3.63) is 88.3 Å². The summed E-state index contributed by atoms with van der Waals surface area (Å²) in [6.45, 7) is 1.64. The van der Waals surface area contributed by atoms with Crippen LogP contribution in [0.25, 0.3) is 10.9 Å². The largest absolute Gasteiger partial charge is 0.632 e. The van der Waals surface area contributed by atoms with Crippen LogP contribution in [0.15, 0.2) is 66.2 Å². The van der Waals surface area contributed by atoms with E-state index in [2.05, 4.69) is 54.1 Å². The molecule has 2 bridgehead atoms. The standard InChI is InChI=1S/C25H26N2O3/c1-26-21-10-6-5-9-18(21)20-15-23-19(25-29-13-14-30-25)11-12-22(24(20)26)27(23,28)16-17-7-3-2-4-8-17/h2-11,22-23,25H,12-16H2,1H3/t22-,23-,27?/m0/s1. The fraction of sp³-hybridized carbons (Fsp3) is 0.360. The second-order valence-electron chi connectivity index (χ2n) is 8.69. The molecular formula is C25H26N2O3. The SMILES string of the molecule is Cn1c2c(c3ccccc31)C[C@H]1C(C3OCCO3)=CC[C@@H]2[N+]1([O-])Cc1ccccc1. The van der Waals surface area contributed by atoms with Gasteiger partial charge in [0.2, 0.25) is 0 Å². The fourth-order valence-corrected chi connectivity index (χ4v) is 5.84. The van der Waals surface area contributed by atoms with Gasteiger partial charge in [-0.25, -0.2) is 0 Å². The summed E-state index contributed by atoms with van der Waals surface area (Å²) >= 11 is 0. The van der Waals surface area contributed by atoms with E-state index in [9.17, 15) is 5.21 Å². The van der Waals surface area contributed by atoms with E-state index in [0.717, 1.165) is 17.6 Å². The molecule has 1 unspecified atom stereocenters. The number of hydrogen-bond acceptors (Lipinski definition) is 3. The summed E-state index contributed by atoms with van der Waals surface area (Å²) in [5.74, 6) is 0. The molecule has 1 aromatic heterocycles. The zero-order valence-electron chi connectivity index (χ0n) is 17.2. The number of aromatic nitrogens is 1. The van der Waals surface area contributed by atoms with Gasteiger partial charge in [-0.3, -0.25) is 0 Å². The molecule has 0 saturated carbocycles. The van der Waals surface area contributed by atoms with E-state index in [0.29, 0.717) is 26.2 Å². The molecule has 0 radical (unpaired) electrons. The minimum Gasteiger partial charge on any atom is -0.632 e. The van der Waals surface area contributed by atoms with E-state index >= 15 is 0 Å². The maximum absolute atomic E-state index is 14.8. The molecule has 3 aliphatic rings. The van der Waals surface area contributed by atoms with Crippen LogP contribution in [-0.4, -0.2) is 34.8 Å². The molecule has 6 rings (SSSR count). The number of hydroxylamine groups is 3. The van der Waals surface area contributed by atoms with Crippen molar-refractivity contribution in [1.82, 2.24) is 4.57 Å². The third-order valence-electron chi connectivity index (χ3n) is 7.16. The number of fused-ring (bicyclic) bond motifs is 6. The Morgan fingerprint density at radius 1 is 1.00 bits per heavy atom. The first-order valence-electron chi connectivity index (χ1n) is 10.8. The van der Waals surface area contributed by atoms with Crippen LogP contribution >= 0.6 is 0 Å². The number of hydrogen-bond donors (Lipinski definition) is 0. The molecule has 0 spiro atoms. The number of quaternary nitrogens is 1. The van der Waals surface area contributed by atoms with Crippen LogP contribution in [0.4, 0.5) is 0 Å². The molecule has 1 fully saturated rings. The van der Waals surface area contributed by atoms with Crippen molar-refractivity contribution < 1.29 is 14.1 Å². The molecule has 0 N–H and O–H groups in total. The second kappa shape index (κ2) is 6.79. The third kappa shape index (κ3) is 2.56. The first-order chi connectivity index (χ1) is 14.7. The highest BCUT2D eigenvalue weighted by molar-refractivity contribution is 5.86. The molecule has 30 heavy (non-hydrogen) atoms. The molecule has 0 aliphatic carbocycles. The molecule has 0 amide bonds. The Kier molecular flexibility index (Phi) is 4.15. The van der Waals surface area contributed by atoms with Gasteiger partial charge in [0.1, 0.15) is 18.6 Å². The molecule has 5 nitrogen and oxygen atoms in total. The quantitative estimate of drug-likeness (QED) is 0.371. The average Bonchev–Trinajstić information content (AvgIpc) is 3.37. The Labute approximate surface area is 176 Å². The lowest BCUT2D eigenvalue weighted by molar-refractivity contribution is -0.947. The highest BCUT2D eigenvalue weighted by Gasteiger charge is 2.51. The molecule has 2 aromatic carbocycles. The summed E-state index contributed by atoms with van der Waals surface area (Å²) in [7, 11) is 2.11. The third-order valence-corrected chi connectivity index (χ3v) is 7.16. The first-order valence-corrected chi connectivity index (χ1v) is 10.8. The van der Waals surface area contributed by atoms with Crippen molar-refractivity contribution >= 4 is 10.9 Å². The summed E-state index contributed by atoms with van der Waals surface area (Å²) in [5.41, 5.74) is 5.84. The molecule has 154 valence electrons. The van der Waals surface area contributed by atoms with Crippen molar-refractivity contribution in [1.29, 1.82) is 0 Å². The minimum absolute atomic E-state index is 0.124. The Bertz CT molecular complexity index is 1130. The number of aryl methyl sites for hydroxylation is 1. The van der Waals surface area contributed by atoms with Gasteiger partial charge < -0.3 is 23.9 Å². The molecule has 3 aliphatic heterocycles. The van der Waals surface area contributed by atoms with Crippen LogP contribution in [0.5, 0.6) is 0 Å². The molecular weight excluding hydrogens is 376 g/mol. The van der Waals surface area contributed by atoms with Crippen molar-refractivity contribution in [2.45, 2.75) is 37.8 Å². The monoisotopic (exact) mass is 402 g/mol. The Morgan fingerprint density at radius 2 is 1.73 bits per heavy atom. The first kappa shape index (κ1) is 18.3. The summed E-state index contributed by atoms with van der Waals surface area (Å²) in [6.07, 6.45) is 3.28. The minimum atomic E-state index is -0.380.